The van der Waals surface area contributed by atoms with Gasteiger partial charge >= 0.3 is 0 Å². The molecule has 3 aromatic rings. The van der Waals surface area contributed by atoms with Crippen LogP contribution in [0.2, 0.25) is 5.02 Å². The minimum Gasteiger partial charge on any atom is -0.323 e. The van der Waals surface area contributed by atoms with Crippen LogP contribution in [0.3, 0.4) is 0 Å². The minimum atomic E-state index is -3.67. The molecular formula is C20H15ClN2O3S. The van der Waals surface area contributed by atoms with E-state index in [1.165, 1.54) is 42.5 Å². The van der Waals surface area contributed by atoms with E-state index in [-0.39, 0.29) is 15.7 Å². The SMILES string of the molecule is O=C(C=Cc1cccnc1)Nc1ccc(S(=O)(=O)c2cccc(Cl)c2)cc1. The number of carbonyl (C=O) groups excluding carboxylic acids is 1. The summed E-state index contributed by atoms with van der Waals surface area (Å²) in [6.45, 7) is 0. The fourth-order valence-electron chi connectivity index (χ4n) is 2.32. The summed E-state index contributed by atoms with van der Waals surface area (Å²) in [7, 11) is -3.67. The van der Waals surface area contributed by atoms with E-state index in [4.69, 9.17) is 11.6 Å². The molecule has 0 atom stereocenters. The first-order valence-electron chi connectivity index (χ1n) is 7.95. The molecule has 1 N–H and O–H groups in total. The first-order chi connectivity index (χ1) is 12.9. The van der Waals surface area contributed by atoms with Gasteiger partial charge in [0, 0.05) is 29.2 Å². The van der Waals surface area contributed by atoms with Crippen molar-refractivity contribution in [1.29, 1.82) is 0 Å². The van der Waals surface area contributed by atoms with Crippen LogP contribution in [-0.4, -0.2) is 19.3 Å². The lowest BCUT2D eigenvalue weighted by Crippen LogP contribution is -2.08. The van der Waals surface area contributed by atoms with Crippen LogP contribution in [0, 0.1) is 0 Å². The van der Waals surface area contributed by atoms with Gasteiger partial charge in [-0.25, -0.2) is 8.42 Å². The fraction of sp³-hybridized carbons (Fsp3) is 0. The van der Waals surface area contributed by atoms with Crippen molar-refractivity contribution in [3.63, 3.8) is 0 Å². The summed E-state index contributed by atoms with van der Waals surface area (Å²) in [4.78, 5) is 16.2. The van der Waals surface area contributed by atoms with E-state index in [1.807, 2.05) is 6.07 Å². The van der Waals surface area contributed by atoms with Gasteiger partial charge in [-0.3, -0.25) is 9.78 Å². The Hall–Kier alpha value is -2.96. The molecule has 0 aliphatic rings. The number of nitrogens with one attached hydrogen (secondary N) is 1. The molecule has 7 heteroatoms. The Labute approximate surface area is 162 Å². The van der Waals surface area contributed by atoms with E-state index >= 15 is 0 Å². The lowest BCUT2D eigenvalue weighted by Gasteiger charge is -2.07. The minimum absolute atomic E-state index is 0.117. The van der Waals surface area contributed by atoms with E-state index in [0.29, 0.717) is 10.7 Å². The molecule has 136 valence electrons. The molecule has 0 aliphatic heterocycles. The second kappa shape index (κ2) is 8.16. The predicted octanol–water partition coefficient (Wildman–Crippen LogP) is 4.22. The van der Waals surface area contributed by atoms with Crippen LogP contribution in [-0.2, 0) is 14.6 Å². The highest BCUT2D eigenvalue weighted by molar-refractivity contribution is 7.91. The molecule has 5 nitrogen and oxygen atoms in total. The molecule has 0 radical (unpaired) electrons. The van der Waals surface area contributed by atoms with E-state index in [1.54, 1.807) is 36.7 Å². The number of nitrogens with zero attached hydrogens (tertiary/aromatic N) is 1. The molecule has 2 aromatic carbocycles. The molecule has 0 aliphatic carbocycles. The van der Waals surface area contributed by atoms with E-state index < -0.39 is 9.84 Å². The zero-order chi connectivity index (χ0) is 19.3. The Morgan fingerprint density at radius 2 is 1.78 bits per heavy atom. The molecule has 1 heterocycles. The Kier molecular flexibility index (Phi) is 5.69. The monoisotopic (exact) mass is 398 g/mol. The molecule has 0 saturated carbocycles. The number of rotatable bonds is 5. The maximum Gasteiger partial charge on any atom is 0.248 e. The number of amides is 1. The van der Waals surface area contributed by atoms with Gasteiger partial charge in [0.2, 0.25) is 15.7 Å². The fourth-order valence-corrected chi connectivity index (χ4v) is 3.88. The van der Waals surface area contributed by atoms with Crippen LogP contribution in [0.5, 0.6) is 0 Å². The maximum atomic E-state index is 12.6. The largest absolute Gasteiger partial charge is 0.323 e. The average molecular weight is 399 g/mol. The van der Waals surface area contributed by atoms with Gasteiger partial charge in [0.15, 0.2) is 0 Å². The first kappa shape index (κ1) is 18.8. The number of sulfone groups is 1. The number of halogens is 1. The zero-order valence-electron chi connectivity index (χ0n) is 14.0. The second-order valence-corrected chi connectivity index (χ2v) is 7.98. The topological polar surface area (TPSA) is 76.1 Å². The normalized spacial score (nSPS) is 11.4. The van der Waals surface area contributed by atoms with Gasteiger partial charge in [-0.2, -0.15) is 0 Å². The van der Waals surface area contributed by atoms with Crippen molar-refractivity contribution in [3.8, 4) is 0 Å². The Morgan fingerprint density at radius 3 is 2.44 bits per heavy atom. The van der Waals surface area contributed by atoms with Gasteiger partial charge < -0.3 is 5.32 Å². The summed E-state index contributed by atoms with van der Waals surface area (Å²) in [6, 6.07) is 15.6. The molecule has 0 bridgehead atoms. The first-order valence-corrected chi connectivity index (χ1v) is 9.81. The Bertz CT molecular complexity index is 1080. The average Bonchev–Trinajstić information content (AvgIpc) is 2.68. The van der Waals surface area contributed by atoms with E-state index in [2.05, 4.69) is 10.3 Å². The van der Waals surface area contributed by atoms with Crippen molar-refractivity contribution < 1.29 is 13.2 Å². The number of pyridine rings is 1. The van der Waals surface area contributed by atoms with E-state index in [9.17, 15) is 13.2 Å². The highest BCUT2D eigenvalue weighted by atomic mass is 35.5. The summed E-state index contributed by atoms with van der Waals surface area (Å²) in [5, 5.41) is 3.03. The van der Waals surface area contributed by atoms with Crippen LogP contribution >= 0.6 is 11.6 Å². The predicted molar refractivity (Wildman–Crippen MR) is 105 cm³/mol. The highest BCUT2D eigenvalue weighted by Crippen LogP contribution is 2.24. The number of hydrogen-bond donors (Lipinski definition) is 1. The van der Waals surface area contributed by atoms with Gasteiger partial charge in [-0.15, -0.1) is 0 Å². The molecule has 3 rings (SSSR count). The number of benzene rings is 2. The summed E-state index contributed by atoms with van der Waals surface area (Å²) in [5.74, 6) is -0.329. The third-order valence-corrected chi connectivity index (χ3v) is 5.65. The van der Waals surface area contributed by atoms with Crippen molar-refractivity contribution in [2.75, 3.05) is 5.32 Å². The summed E-state index contributed by atoms with van der Waals surface area (Å²) in [6.07, 6.45) is 6.31. The van der Waals surface area contributed by atoms with Crippen LogP contribution < -0.4 is 5.32 Å². The highest BCUT2D eigenvalue weighted by Gasteiger charge is 2.17. The summed E-state index contributed by atoms with van der Waals surface area (Å²) in [5.41, 5.74) is 1.29. The third-order valence-electron chi connectivity index (χ3n) is 3.65. The molecule has 1 aromatic heterocycles. The maximum absolute atomic E-state index is 12.6. The molecular weight excluding hydrogens is 384 g/mol. The molecule has 0 saturated heterocycles. The molecule has 0 unspecified atom stereocenters. The van der Waals surface area contributed by atoms with Gasteiger partial charge in [-0.05, 0) is 60.2 Å². The van der Waals surface area contributed by atoms with E-state index in [0.717, 1.165) is 5.56 Å². The summed E-state index contributed by atoms with van der Waals surface area (Å²) >= 11 is 5.87. The van der Waals surface area contributed by atoms with Gasteiger partial charge in [0.05, 0.1) is 9.79 Å². The van der Waals surface area contributed by atoms with Crippen LogP contribution in [0.15, 0.2) is 88.9 Å². The van der Waals surface area contributed by atoms with Crippen molar-refractivity contribution in [2.45, 2.75) is 9.79 Å². The number of carbonyl (C=O) groups is 1. The molecule has 0 spiro atoms. The van der Waals surface area contributed by atoms with Gasteiger partial charge in [0.1, 0.15) is 0 Å². The smallest absolute Gasteiger partial charge is 0.248 e. The van der Waals surface area contributed by atoms with Crippen molar-refractivity contribution in [3.05, 3.63) is 89.7 Å². The molecule has 1 amide bonds. The number of hydrogen-bond acceptors (Lipinski definition) is 4. The third kappa shape index (κ3) is 4.81. The van der Waals surface area contributed by atoms with Crippen LogP contribution in [0.1, 0.15) is 5.56 Å². The quantitative estimate of drug-likeness (QED) is 0.653. The standard InChI is InChI=1S/C20H15ClN2O3S/c21-16-4-1-5-19(13-16)27(25,26)18-9-7-17(8-10-18)23-20(24)11-6-15-3-2-12-22-14-15/h1-14H,(H,23,24). The Balaban J connectivity index is 1.72. The number of aromatic nitrogens is 1. The molecule has 0 fully saturated rings. The zero-order valence-corrected chi connectivity index (χ0v) is 15.6. The van der Waals surface area contributed by atoms with Crippen LogP contribution in [0.4, 0.5) is 5.69 Å². The molecule has 27 heavy (non-hydrogen) atoms. The van der Waals surface area contributed by atoms with Crippen molar-refractivity contribution in [2.24, 2.45) is 0 Å². The Morgan fingerprint density at radius 1 is 1.00 bits per heavy atom. The van der Waals surface area contributed by atoms with Crippen molar-refractivity contribution in [1.82, 2.24) is 4.98 Å². The lowest BCUT2D eigenvalue weighted by molar-refractivity contribution is -0.111. The van der Waals surface area contributed by atoms with Gasteiger partial charge in [-0.1, -0.05) is 23.7 Å². The van der Waals surface area contributed by atoms with Gasteiger partial charge in [0.25, 0.3) is 0 Å². The van der Waals surface area contributed by atoms with Crippen molar-refractivity contribution >= 4 is 39.1 Å². The van der Waals surface area contributed by atoms with Crippen LogP contribution in [0.25, 0.3) is 6.08 Å². The summed E-state index contributed by atoms with van der Waals surface area (Å²) < 4.78 is 25.2. The number of anilines is 1. The lowest BCUT2D eigenvalue weighted by atomic mass is 10.2. The second-order valence-electron chi connectivity index (χ2n) is 5.59.